The number of aldehydes is 1. The number of hydrogen-bond donors (Lipinski definition) is 1. The topological polar surface area (TPSA) is 46.3 Å². The predicted octanol–water partition coefficient (Wildman–Crippen LogP) is 2.35. The maximum Gasteiger partial charge on any atom is 0.151 e. The Labute approximate surface area is 99.2 Å². The standard InChI is InChI=1S/C10H12F2N2.C2H4O/c11-7-5-8(12)10(13)9(6-7)14-3-1-2-4-14;1-2-3/h5-6H,1-4,13H2;2H,1H3. The molecule has 3 nitrogen and oxygen atoms in total. The molecular formula is C12H16F2N2O. The summed E-state index contributed by atoms with van der Waals surface area (Å²) in [5.74, 6) is -1.24. The normalized spacial score (nSPS) is 14.2. The molecule has 17 heavy (non-hydrogen) atoms. The number of nitrogen functional groups attached to an aromatic ring is 1. The lowest BCUT2D eigenvalue weighted by Crippen LogP contribution is -2.19. The number of halogens is 2. The molecule has 0 aromatic heterocycles. The molecule has 2 N–H and O–H groups in total. The highest BCUT2D eigenvalue weighted by molar-refractivity contribution is 5.68. The number of carbonyl (C=O) groups is 1. The van der Waals surface area contributed by atoms with Crippen molar-refractivity contribution in [2.45, 2.75) is 19.8 Å². The van der Waals surface area contributed by atoms with E-state index in [0.29, 0.717) is 5.69 Å². The van der Waals surface area contributed by atoms with Gasteiger partial charge >= 0.3 is 0 Å². The van der Waals surface area contributed by atoms with Gasteiger partial charge in [-0.25, -0.2) is 8.78 Å². The third-order valence-electron chi connectivity index (χ3n) is 2.52. The Morgan fingerprint density at radius 1 is 1.29 bits per heavy atom. The van der Waals surface area contributed by atoms with Crippen LogP contribution in [0, 0.1) is 11.6 Å². The minimum atomic E-state index is -0.674. The molecule has 1 fully saturated rings. The molecule has 0 bridgehead atoms. The monoisotopic (exact) mass is 242 g/mol. The fourth-order valence-corrected chi connectivity index (χ4v) is 1.79. The Morgan fingerprint density at radius 3 is 2.35 bits per heavy atom. The van der Waals surface area contributed by atoms with Crippen LogP contribution in [-0.2, 0) is 4.79 Å². The van der Waals surface area contributed by atoms with E-state index >= 15 is 0 Å². The van der Waals surface area contributed by atoms with Gasteiger partial charge in [-0.2, -0.15) is 0 Å². The van der Waals surface area contributed by atoms with Crippen molar-refractivity contribution < 1.29 is 13.6 Å². The number of benzene rings is 1. The summed E-state index contributed by atoms with van der Waals surface area (Å²) in [5, 5.41) is 0. The zero-order valence-electron chi connectivity index (χ0n) is 9.75. The van der Waals surface area contributed by atoms with Crippen molar-refractivity contribution in [1.29, 1.82) is 0 Å². The van der Waals surface area contributed by atoms with Gasteiger partial charge in [0, 0.05) is 19.2 Å². The van der Waals surface area contributed by atoms with Crippen LogP contribution in [0.1, 0.15) is 19.8 Å². The van der Waals surface area contributed by atoms with E-state index in [-0.39, 0.29) is 5.69 Å². The lowest BCUT2D eigenvalue weighted by molar-refractivity contribution is -0.106. The van der Waals surface area contributed by atoms with Crippen molar-refractivity contribution in [1.82, 2.24) is 0 Å². The third kappa shape index (κ3) is 3.41. The summed E-state index contributed by atoms with van der Waals surface area (Å²) in [6.07, 6.45) is 2.86. The second-order valence-corrected chi connectivity index (χ2v) is 3.75. The van der Waals surface area contributed by atoms with Crippen LogP contribution in [0.4, 0.5) is 20.2 Å². The van der Waals surface area contributed by atoms with Gasteiger partial charge in [0.15, 0.2) is 5.82 Å². The minimum Gasteiger partial charge on any atom is -0.395 e. The number of anilines is 2. The Kier molecular flexibility index (Phi) is 4.87. The molecule has 0 spiro atoms. The van der Waals surface area contributed by atoms with E-state index in [1.54, 1.807) is 0 Å². The second kappa shape index (κ2) is 6.18. The van der Waals surface area contributed by atoms with Crippen molar-refractivity contribution in [3.05, 3.63) is 23.8 Å². The summed E-state index contributed by atoms with van der Waals surface area (Å²) in [6, 6.07) is 2.11. The van der Waals surface area contributed by atoms with Crippen LogP contribution in [0.2, 0.25) is 0 Å². The molecule has 0 aliphatic carbocycles. The van der Waals surface area contributed by atoms with Gasteiger partial charge in [-0.1, -0.05) is 0 Å². The van der Waals surface area contributed by atoms with Crippen molar-refractivity contribution in [3.8, 4) is 0 Å². The van der Waals surface area contributed by atoms with Crippen molar-refractivity contribution in [3.63, 3.8) is 0 Å². The number of rotatable bonds is 1. The van der Waals surface area contributed by atoms with E-state index in [0.717, 1.165) is 38.3 Å². The molecule has 0 atom stereocenters. The zero-order valence-corrected chi connectivity index (χ0v) is 9.75. The molecule has 1 aromatic rings. The zero-order chi connectivity index (χ0) is 12.8. The Hall–Kier alpha value is -1.65. The van der Waals surface area contributed by atoms with E-state index < -0.39 is 11.6 Å². The van der Waals surface area contributed by atoms with Gasteiger partial charge in [0.1, 0.15) is 12.1 Å². The molecule has 0 unspecified atom stereocenters. The smallest absolute Gasteiger partial charge is 0.151 e. The Morgan fingerprint density at radius 2 is 1.82 bits per heavy atom. The van der Waals surface area contributed by atoms with Gasteiger partial charge < -0.3 is 15.4 Å². The highest BCUT2D eigenvalue weighted by Crippen LogP contribution is 2.29. The summed E-state index contributed by atoms with van der Waals surface area (Å²) in [5.41, 5.74) is 6.08. The summed E-state index contributed by atoms with van der Waals surface area (Å²) < 4.78 is 26.0. The maximum atomic E-state index is 13.1. The second-order valence-electron chi connectivity index (χ2n) is 3.75. The van der Waals surface area contributed by atoms with E-state index in [1.165, 1.54) is 13.0 Å². The van der Waals surface area contributed by atoms with Crippen LogP contribution in [0.25, 0.3) is 0 Å². The molecule has 1 heterocycles. The minimum absolute atomic E-state index is 0.0494. The summed E-state index contributed by atoms with van der Waals surface area (Å²) >= 11 is 0. The first kappa shape index (κ1) is 13.4. The fourth-order valence-electron chi connectivity index (χ4n) is 1.79. The van der Waals surface area contributed by atoms with Gasteiger partial charge in [0.25, 0.3) is 0 Å². The first-order valence-corrected chi connectivity index (χ1v) is 5.49. The van der Waals surface area contributed by atoms with Crippen molar-refractivity contribution >= 4 is 17.7 Å². The highest BCUT2D eigenvalue weighted by atomic mass is 19.1. The van der Waals surface area contributed by atoms with Crippen LogP contribution in [0.3, 0.4) is 0 Å². The fraction of sp³-hybridized carbons (Fsp3) is 0.417. The molecule has 1 aliphatic rings. The van der Waals surface area contributed by atoms with Gasteiger partial charge in [0.05, 0.1) is 11.4 Å². The molecular weight excluding hydrogens is 226 g/mol. The first-order chi connectivity index (χ1) is 8.10. The Balaban J connectivity index is 0.000000437. The van der Waals surface area contributed by atoms with Crippen molar-refractivity contribution in [2.75, 3.05) is 23.7 Å². The summed E-state index contributed by atoms with van der Waals surface area (Å²) in [6.45, 7) is 3.10. The van der Waals surface area contributed by atoms with Crippen LogP contribution >= 0.6 is 0 Å². The number of nitrogens with two attached hydrogens (primary N) is 1. The first-order valence-electron chi connectivity index (χ1n) is 5.49. The maximum absolute atomic E-state index is 13.1. The average Bonchev–Trinajstić information content (AvgIpc) is 2.77. The average molecular weight is 242 g/mol. The van der Waals surface area contributed by atoms with Crippen LogP contribution in [0.5, 0.6) is 0 Å². The molecule has 0 saturated carbocycles. The van der Waals surface area contributed by atoms with Gasteiger partial charge in [-0.05, 0) is 25.8 Å². The van der Waals surface area contributed by atoms with E-state index in [9.17, 15) is 8.78 Å². The number of carbonyl (C=O) groups excluding carboxylic acids is 1. The lowest BCUT2D eigenvalue weighted by Gasteiger charge is -2.19. The molecule has 1 aromatic carbocycles. The van der Waals surface area contributed by atoms with E-state index in [4.69, 9.17) is 10.5 Å². The highest BCUT2D eigenvalue weighted by Gasteiger charge is 2.17. The quantitative estimate of drug-likeness (QED) is 0.607. The molecule has 1 saturated heterocycles. The van der Waals surface area contributed by atoms with Crippen LogP contribution < -0.4 is 10.6 Å². The third-order valence-corrected chi connectivity index (χ3v) is 2.52. The van der Waals surface area contributed by atoms with Crippen LogP contribution in [-0.4, -0.2) is 19.4 Å². The number of hydrogen-bond acceptors (Lipinski definition) is 3. The Bertz CT molecular complexity index is 390. The number of nitrogens with zero attached hydrogens (tertiary/aromatic N) is 1. The van der Waals surface area contributed by atoms with Crippen molar-refractivity contribution in [2.24, 2.45) is 0 Å². The predicted molar refractivity (Wildman–Crippen MR) is 64.0 cm³/mol. The van der Waals surface area contributed by atoms with E-state index in [2.05, 4.69) is 0 Å². The molecule has 94 valence electrons. The SMILES string of the molecule is CC=O.Nc1c(F)cc(F)cc1N1CCCC1. The van der Waals surface area contributed by atoms with E-state index in [1.807, 2.05) is 4.90 Å². The summed E-state index contributed by atoms with van der Waals surface area (Å²) in [4.78, 5) is 10.7. The molecule has 0 radical (unpaired) electrons. The van der Waals surface area contributed by atoms with Gasteiger partial charge in [-0.15, -0.1) is 0 Å². The molecule has 1 aliphatic heterocycles. The van der Waals surface area contributed by atoms with Crippen LogP contribution in [0.15, 0.2) is 12.1 Å². The summed E-state index contributed by atoms with van der Waals surface area (Å²) in [7, 11) is 0. The lowest BCUT2D eigenvalue weighted by atomic mass is 10.2. The van der Waals surface area contributed by atoms with Gasteiger partial charge in [-0.3, -0.25) is 0 Å². The largest absolute Gasteiger partial charge is 0.395 e. The molecule has 5 heteroatoms. The van der Waals surface area contributed by atoms with Gasteiger partial charge in [0.2, 0.25) is 0 Å². The molecule has 0 amide bonds. The molecule has 2 rings (SSSR count).